The summed E-state index contributed by atoms with van der Waals surface area (Å²) in [5.74, 6) is 3.04. The van der Waals surface area contributed by atoms with E-state index >= 15 is 0 Å². The van der Waals surface area contributed by atoms with E-state index in [4.69, 9.17) is 5.73 Å². The molecule has 0 atom stereocenters. The van der Waals surface area contributed by atoms with Gasteiger partial charge in [-0.15, -0.1) is 0 Å². The zero-order chi connectivity index (χ0) is 12.4. The van der Waals surface area contributed by atoms with Gasteiger partial charge in [0.1, 0.15) is 0 Å². The predicted octanol–water partition coefficient (Wildman–Crippen LogP) is -0.682. The normalized spacial score (nSPS) is 9.65. The van der Waals surface area contributed by atoms with E-state index in [9.17, 15) is 14.4 Å². The average Bonchev–Trinajstić information content (AvgIpc) is 2.26. The number of carbonyl (C=O) groups is 1. The first kappa shape index (κ1) is 10.7. The van der Waals surface area contributed by atoms with Crippen molar-refractivity contribution in [3.63, 3.8) is 0 Å². The number of rotatable bonds is 0. The third-order valence-electron chi connectivity index (χ3n) is 1.99. The maximum atomic E-state index is 11.4. The van der Waals surface area contributed by atoms with Crippen molar-refractivity contribution < 1.29 is 9.21 Å². The molecule has 6 nitrogen and oxygen atoms in total. The van der Waals surface area contributed by atoms with E-state index < -0.39 is 17.3 Å². The molecule has 0 aliphatic rings. The lowest BCUT2D eigenvalue weighted by atomic mass is 10.1. The number of H-pyrrole nitrogens is 1. The molecule has 1 heterocycles. The van der Waals surface area contributed by atoms with Crippen LogP contribution in [0, 0.1) is 11.8 Å². The molecule has 0 saturated heterocycles. The second-order valence-electron chi connectivity index (χ2n) is 3.18. The Labute approximate surface area is 94.1 Å². The maximum Gasteiger partial charge on any atom is 0.419 e. The molecule has 17 heavy (non-hydrogen) atoms. The maximum absolute atomic E-state index is 11.4. The van der Waals surface area contributed by atoms with Crippen LogP contribution in [-0.4, -0.2) is 10.9 Å². The van der Waals surface area contributed by atoms with Crippen molar-refractivity contribution in [2.24, 2.45) is 5.73 Å². The lowest BCUT2D eigenvalue weighted by molar-refractivity contribution is -0.112. The van der Waals surface area contributed by atoms with E-state index in [0.29, 0.717) is 11.1 Å². The van der Waals surface area contributed by atoms with Crippen LogP contribution >= 0.6 is 0 Å². The van der Waals surface area contributed by atoms with Crippen LogP contribution in [0.15, 0.2) is 32.2 Å². The van der Waals surface area contributed by atoms with Gasteiger partial charge in [0, 0.05) is 5.56 Å². The molecule has 6 heteroatoms. The van der Waals surface area contributed by atoms with Gasteiger partial charge in [0.05, 0.1) is 10.9 Å². The number of nitrogens with two attached hydrogens (primary N) is 1. The predicted molar refractivity (Wildman–Crippen MR) is 59.2 cm³/mol. The summed E-state index contributed by atoms with van der Waals surface area (Å²) in [6.07, 6.45) is 0. The molecule has 0 bridgehead atoms. The molecule has 84 valence electrons. The molecule has 0 spiro atoms. The summed E-state index contributed by atoms with van der Waals surface area (Å²) < 4.78 is 4.36. The highest BCUT2D eigenvalue weighted by Crippen LogP contribution is 2.07. The smallest absolute Gasteiger partial charge is 0.372 e. The molecular weight excluding hydrogens is 224 g/mol. The van der Waals surface area contributed by atoms with E-state index in [1.165, 1.54) is 12.1 Å². The molecular formula is C11H6N2O4. The highest BCUT2D eigenvalue weighted by atomic mass is 16.4. The zero-order valence-electron chi connectivity index (χ0n) is 8.44. The number of aromatic amines is 1. The van der Waals surface area contributed by atoms with Gasteiger partial charge in [0.25, 0.3) is 5.91 Å². The Hall–Kier alpha value is -2.81. The van der Waals surface area contributed by atoms with Gasteiger partial charge in [-0.1, -0.05) is 5.92 Å². The summed E-state index contributed by atoms with van der Waals surface area (Å²) in [5.41, 5.74) is 4.87. The van der Waals surface area contributed by atoms with Crippen molar-refractivity contribution in [3.8, 4) is 11.8 Å². The molecule has 0 saturated carbocycles. The van der Waals surface area contributed by atoms with Crippen molar-refractivity contribution in [1.82, 2.24) is 4.98 Å². The Morgan fingerprint density at radius 3 is 2.82 bits per heavy atom. The summed E-state index contributed by atoms with van der Waals surface area (Å²) >= 11 is 0. The SMILES string of the molecule is NC(=O)C#Cc1ccc2[nH]c(=O)oc(=O)c2c1. The van der Waals surface area contributed by atoms with E-state index in [1.807, 2.05) is 0 Å². The summed E-state index contributed by atoms with van der Waals surface area (Å²) in [5, 5.41) is 0.181. The fraction of sp³-hybridized carbons (Fsp3) is 0. The Morgan fingerprint density at radius 2 is 2.12 bits per heavy atom. The van der Waals surface area contributed by atoms with Gasteiger partial charge in [0.2, 0.25) is 0 Å². The topological polar surface area (TPSA) is 106 Å². The molecule has 0 unspecified atom stereocenters. The summed E-state index contributed by atoms with van der Waals surface area (Å²) in [6.45, 7) is 0. The third kappa shape index (κ3) is 2.23. The Kier molecular flexibility index (Phi) is 2.51. The molecule has 0 aliphatic heterocycles. The number of fused-ring (bicyclic) bond motifs is 1. The van der Waals surface area contributed by atoms with Gasteiger partial charge in [0.15, 0.2) is 0 Å². The number of primary amides is 1. The fourth-order valence-corrected chi connectivity index (χ4v) is 1.31. The van der Waals surface area contributed by atoms with Crippen molar-refractivity contribution in [2.75, 3.05) is 0 Å². The minimum atomic E-state index is -0.821. The lowest BCUT2D eigenvalue weighted by Crippen LogP contribution is -2.14. The zero-order valence-corrected chi connectivity index (χ0v) is 8.44. The first-order chi connectivity index (χ1) is 8.06. The van der Waals surface area contributed by atoms with Gasteiger partial charge in [-0.05, 0) is 24.1 Å². The first-order valence-corrected chi connectivity index (χ1v) is 4.55. The van der Waals surface area contributed by atoms with Crippen molar-refractivity contribution in [1.29, 1.82) is 0 Å². The number of amides is 1. The van der Waals surface area contributed by atoms with Gasteiger partial charge in [-0.3, -0.25) is 9.78 Å². The summed E-state index contributed by atoms with van der Waals surface area (Å²) in [4.78, 5) is 35.1. The van der Waals surface area contributed by atoms with Crippen molar-refractivity contribution >= 4 is 16.8 Å². The number of aromatic nitrogens is 1. The highest BCUT2D eigenvalue weighted by Gasteiger charge is 2.02. The molecule has 1 aromatic heterocycles. The van der Waals surface area contributed by atoms with Crippen LogP contribution in [0.3, 0.4) is 0 Å². The van der Waals surface area contributed by atoms with Crippen LogP contribution in [0.4, 0.5) is 0 Å². The highest BCUT2D eigenvalue weighted by molar-refractivity contribution is 5.92. The van der Waals surface area contributed by atoms with E-state index in [1.54, 1.807) is 6.07 Å². The quantitative estimate of drug-likeness (QED) is 0.584. The molecule has 3 N–H and O–H groups in total. The molecule has 1 amide bonds. The first-order valence-electron chi connectivity index (χ1n) is 4.55. The molecule has 0 radical (unpaired) electrons. The number of hydrogen-bond donors (Lipinski definition) is 2. The second-order valence-corrected chi connectivity index (χ2v) is 3.18. The molecule has 2 aromatic rings. The van der Waals surface area contributed by atoms with Crippen LogP contribution < -0.4 is 17.1 Å². The number of carbonyl (C=O) groups excluding carboxylic acids is 1. The molecule has 1 aromatic carbocycles. The lowest BCUT2D eigenvalue weighted by Gasteiger charge is -1.95. The average molecular weight is 230 g/mol. The summed E-state index contributed by atoms with van der Waals surface area (Å²) in [6, 6.07) is 4.46. The minimum Gasteiger partial charge on any atom is -0.372 e. The van der Waals surface area contributed by atoms with Crippen LogP contribution in [-0.2, 0) is 4.79 Å². The number of benzene rings is 1. The molecule has 0 fully saturated rings. The molecule has 2 rings (SSSR count). The van der Waals surface area contributed by atoms with E-state index in [-0.39, 0.29) is 5.39 Å². The standard InChI is InChI=1S/C11H6N2O4/c12-9(14)4-2-6-1-3-8-7(5-6)10(15)17-11(16)13-8/h1,3,5H,(H2,12,14)(H,13,16). The monoisotopic (exact) mass is 230 g/mol. The van der Waals surface area contributed by atoms with Crippen LogP contribution in [0.2, 0.25) is 0 Å². The van der Waals surface area contributed by atoms with Crippen LogP contribution in [0.1, 0.15) is 5.56 Å². The Bertz CT molecular complexity index is 774. The van der Waals surface area contributed by atoms with E-state index in [0.717, 1.165) is 0 Å². The Balaban J connectivity index is 2.68. The van der Waals surface area contributed by atoms with Gasteiger partial charge in [-0.2, -0.15) is 0 Å². The van der Waals surface area contributed by atoms with Crippen LogP contribution in [0.5, 0.6) is 0 Å². The molecule has 0 aliphatic carbocycles. The largest absolute Gasteiger partial charge is 0.419 e. The number of hydrogen-bond acceptors (Lipinski definition) is 4. The fourth-order valence-electron chi connectivity index (χ4n) is 1.31. The van der Waals surface area contributed by atoms with E-state index in [2.05, 4.69) is 21.2 Å². The second kappa shape index (κ2) is 3.98. The van der Waals surface area contributed by atoms with Crippen LogP contribution in [0.25, 0.3) is 10.9 Å². The number of nitrogens with one attached hydrogen (secondary N) is 1. The van der Waals surface area contributed by atoms with Gasteiger partial charge < -0.3 is 10.2 Å². The minimum absolute atomic E-state index is 0.181. The Morgan fingerprint density at radius 1 is 1.35 bits per heavy atom. The van der Waals surface area contributed by atoms with Gasteiger partial charge >= 0.3 is 11.4 Å². The third-order valence-corrected chi connectivity index (χ3v) is 1.99. The van der Waals surface area contributed by atoms with Crippen molar-refractivity contribution in [2.45, 2.75) is 0 Å². The van der Waals surface area contributed by atoms with Gasteiger partial charge in [-0.25, -0.2) is 9.59 Å². The van der Waals surface area contributed by atoms with Crippen molar-refractivity contribution in [3.05, 3.63) is 44.7 Å². The summed E-state index contributed by atoms with van der Waals surface area (Å²) in [7, 11) is 0.